The average molecular weight is 202 g/mol. The number of anilines is 2. The summed E-state index contributed by atoms with van der Waals surface area (Å²) in [7, 11) is 0. The number of nitrogens with zero attached hydrogens (tertiary/aromatic N) is 1. The Labute approximate surface area is 88.3 Å². The number of hydrogen-bond acceptors (Lipinski definition) is 3. The molecule has 0 spiro atoms. The van der Waals surface area contributed by atoms with Gasteiger partial charge in [-0.2, -0.15) is 5.10 Å². The molecule has 2 rings (SSSR count). The maximum Gasteiger partial charge on any atom is 0.142 e. The summed E-state index contributed by atoms with van der Waals surface area (Å²) in [5.74, 6) is 0.442. The second-order valence-corrected chi connectivity index (χ2v) is 3.66. The molecule has 0 radical (unpaired) electrons. The summed E-state index contributed by atoms with van der Waals surface area (Å²) in [5, 5.41) is 6.73. The summed E-state index contributed by atoms with van der Waals surface area (Å²) in [5.41, 5.74) is 15.1. The third-order valence-electron chi connectivity index (χ3n) is 2.40. The quantitative estimate of drug-likeness (QED) is 0.689. The number of rotatable bonds is 2. The van der Waals surface area contributed by atoms with Crippen LogP contribution in [0.4, 0.5) is 11.5 Å². The highest BCUT2D eigenvalue weighted by atomic mass is 15.2. The molecule has 0 amide bonds. The lowest BCUT2D eigenvalue weighted by atomic mass is 10.1. The van der Waals surface area contributed by atoms with Crippen LogP contribution in [-0.2, 0) is 6.42 Å². The molecule has 0 unspecified atom stereocenters. The highest BCUT2D eigenvalue weighted by Gasteiger charge is 2.07. The van der Waals surface area contributed by atoms with Gasteiger partial charge < -0.3 is 11.5 Å². The molecule has 78 valence electrons. The van der Waals surface area contributed by atoms with E-state index in [2.05, 4.69) is 41.4 Å². The van der Waals surface area contributed by atoms with Gasteiger partial charge in [-0.3, -0.25) is 5.10 Å². The lowest BCUT2D eigenvalue weighted by Gasteiger charge is -2.00. The third-order valence-corrected chi connectivity index (χ3v) is 2.40. The molecular weight excluding hydrogens is 188 g/mol. The van der Waals surface area contributed by atoms with Crippen molar-refractivity contribution >= 4 is 11.5 Å². The Morgan fingerprint density at radius 1 is 1.20 bits per heavy atom. The number of nitrogens with two attached hydrogens (primary N) is 2. The summed E-state index contributed by atoms with van der Waals surface area (Å²) in [4.78, 5) is 0. The number of hydrogen-bond donors (Lipinski definition) is 3. The van der Waals surface area contributed by atoms with Crippen molar-refractivity contribution in [2.45, 2.75) is 13.3 Å². The van der Waals surface area contributed by atoms with Crippen LogP contribution < -0.4 is 11.5 Å². The molecule has 0 aliphatic heterocycles. The van der Waals surface area contributed by atoms with Crippen LogP contribution in [0.3, 0.4) is 0 Å². The van der Waals surface area contributed by atoms with Gasteiger partial charge in [0.25, 0.3) is 0 Å². The standard InChI is InChI=1S/C11H14N4/c1-7-2-4-8(5-3-7)6-9-10(12)11(13)15-14-9/h2-5H,6,12H2,1H3,(H3,13,14,15). The van der Waals surface area contributed by atoms with Crippen molar-refractivity contribution in [1.29, 1.82) is 0 Å². The van der Waals surface area contributed by atoms with Crippen molar-refractivity contribution in [2.75, 3.05) is 11.5 Å². The average Bonchev–Trinajstić information content (AvgIpc) is 2.53. The smallest absolute Gasteiger partial charge is 0.142 e. The number of nitrogen functional groups attached to an aromatic ring is 2. The van der Waals surface area contributed by atoms with Gasteiger partial charge in [0.15, 0.2) is 0 Å². The fraction of sp³-hybridized carbons (Fsp3) is 0.182. The summed E-state index contributed by atoms with van der Waals surface area (Å²) in [6.07, 6.45) is 0.708. The molecule has 0 aliphatic carbocycles. The first kappa shape index (κ1) is 9.58. The maximum absolute atomic E-state index is 5.76. The van der Waals surface area contributed by atoms with Crippen LogP contribution in [0, 0.1) is 6.92 Å². The second-order valence-electron chi connectivity index (χ2n) is 3.66. The topological polar surface area (TPSA) is 80.7 Å². The molecule has 0 aliphatic rings. The predicted octanol–water partition coefficient (Wildman–Crippen LogP) is 1.47. The first-order valence-electron chi connectivity index (χ1n) is 4.80. The van der Waals surface area contributed by atoms with Crippen LogP contribution in [0.5, 0.6) is 0 Å². The van der Waals surface area contributed by atoms with E-state index in [1.807, 2.05) is 0 Å². The van der Waals surface area contributed by atoms with E-state index < -0.39 is 0 Å². The molecule has 0 saturated carbocycles. The Hall–Kier alpha value is -1.97. The number of benzene rings is 1. The fourth-order valence-electron chi connectivity index (χ4n) is 1.44. The number of H-pyrrole nitrogens is 1. The Kier molecular flexibility index (Phi) is 2.33. The summed E-state index contributed by atoms with van der Waals surface area (Å²) in [6, 6.07) is 8.28. The Morgan fingerprint density at radius 3 is 2.40 bits per heavy atom. The third kappa shape index (κ3) is 1.93. The van der Waals surface area contributed by atoms with Gasteiger partial charge in [0, 0.05) is 6.42 Å². The Bertz CT molecular complexity index is 456. The molecule has 15 heavy (non-hydrogen) atoms. The van der Waals surface area contributed by atoms with Gasteiger partial charge in [-0.15, -0.1) is 0 Å². The van der Waals surface area contributed by atoms with Crippen LogP contribution in [-0.4, -0.2) is 10.2 Å². The van der Waals surface area contributed by atoms with Crippen LogP contribution in [0.1, 0.15) is 16.8 Å². The van der Waals surface area contributed by atoms with Crippen LogP contribution in [0.25, 0.3) is 0 Å². The number of aromatic amines is 1. The predicted molar refractivity (Wildman–Crippen MR) is 61.4 cm³/mol. The van der Waals surface area contributed by atoms with Gasteiger partial charge >= 0.3 is 0 Å². The van der Waals surface area contributed by atoms with Crippen molar-refractivity contribution in [3.8, 4) is 0 Å². The Morgan fingerprint density at radius 2 is 1.87 bits per heavy atom. The minimum absolute atomic E-state index is 0.442. The zero-order chi connectivity index (χ0) is 10.8. The van der Waals surface area contributed by atoms with E-state index in [9.17, 15) is 0 Å². The number of aromatic nitrogens is 2. The van der Waals surface area contributed by atoms with Gasteiger partial charge in [0.1, 0.15) is 5.82 Å². The summed E-state index contributed by atoms with van der Waals surface area (Å²) >= 11 is 0. The first-order chi connectivity index (χ1) is 7.16. The van der Waals surface area contributed by atoms with E-state index in [1.165, 1.54) is 11.1 Å². The lowest BCUT2D eigenvalue weighted by molar-refractivity contribution is 1.00. The van der Waals surface area contributed by atoms with E-state index in [0.717, 1.165) is 5.69 Å². The molecule has 2 aromatic rings. The van der Waals surface area contributed by atoms with Crippen LogP contribution >= 0.6 is 0 Å². The molecule has 0 saturated heterocycles. The van der Waals surface area contributed by atoms with Crippen molar-refractivity contribution in [3.05, 3.63) is 41.1 Å². The van der Waals surface area contributed by atoms with Crippen molar-refractivity contribution in [2.24, 2.45) is 0 Å². The zero-order valence-electron chi connectivity index (χ0n) is 8.62. The summed E-state index contributed by atoms with van der Waals surface area (Å²) in [6.45, 7) is 2.06. The minimum atomic E-state index is 0.442. The lowest BCUT2D eigenvalue weighted by Crippen LogP contribution is -1.96. The van der Waals surface area contributed by atoms with Gasteiger partial charge in [-0.05, 0) is 12.5 Å². The van der Waals surface area contributed by atoms with E-state index in [4.69, 9.17) is 11.5 Å². The van der Waals surface area contributed by atoms with Crippen molar-refractivity contribution < 1.29 is 0 Å². The van der Waals surface area contributed by atoms with E-state index in [-0.39, 0.29) is 0 Å². The van der Waals surface area contributed by atoms with Gasteiger partial charge in [0.05, 0.1) is 11.4 Å². The van der Waals surface area contributed by atoms with Gasteiger partial charge in [-0.1, -0.05) is 29.8 Å². The van der Waals surface area contributed by atoms with Gasteiger partial charge in [-0.25, -0.2) is 0 Å². The molecule has 1 aromatic heterocycles. The Balaban J connectivity index is 2.22. The molecule has 1 heterocycles. The fourth-order valence-corrected chi connectivity index (χ4v) is 1.44. The summed E-state index contributed by atoms with van der Waals surface area (Å²) < 4.78 is 0. The monoisotopic (exact) mass is 202 g/mol. The van der Waals surface area contributed by atoms with Crippen LogP contribution in [0.2, 0.25) is 0 Å². The molecule has 0 bridgehead atoms. The molecule has 0 fully saturated rings. The normalized spacial score (nSPS) is 10.5. The molecule has 4 heteroatoms. The SMILES string of the molecule is Cc1ccc(Cc2n[nH]c(N)c2N)cc1. The van der Waals surface area contributed by atoms with Crippen molar-refractivity contribution in [1.82, 2.24) is 10.2 Å². The first-order valence-corrected chi connectivity index (χ1v) is 4.80. The highest BCUT2D eigenvalue weighted by molar-refractivity contribution is 5.61. The van der Waals surface area contributed by atoms with Crippen molar-refractivity contribution in [3.63, 3.8) is 0 Å². The number of nitrogens with one attached hydrogen (secondary N) is 1. The molecule has 5 N–H and O–H groups in total. The second kappa shape index (κ2) is 3.65. The molecular formula is C11H14N4. The largest absolute Gasteiger partial charge is 0.394 e. The highest BCUT2D eigenvalue weighted by Crippen LogP contribution is 2.19. The number of aryl methyl sites for hydroxylation is 1. The van der Waals surface area contributed by atoms with Crippen LogP contribution in [0.15, 0.2) is 24.3 Å². The maximum atomic E-state index is 5.76. The molecule has 1 aromatic carbocycles. The van der Waals surface area contributed by atoms with E-state index in [0.29, 0.717) is 17.9 Å². The minimum Gasteiger partial charge on any atom is -0.394 e. The van der Waals surface area contributed by atoms with E-state index in [1.54, 1.807) is 0 Å². The molecule has 0 atom stereocenters. The van der Waals surface area contributed by atoms with Gasteiger partial charge in [0.2, 0.25) is 0 Å². The molecule has 4 nitrogen and oxygen atoms in total. The van der Waals surface area contributed by atoms with E-state index >= 15 is 0 Å². The zero-order valence-corrected chi connectivity index (χ0v) is 8.62.